The Balaban J connectivity index is 1.54. The van der Waals surface area contributed by atoms with Crippen molar-refractivity contribution < 1.29 is 23.7 Å². The van der Waals surface area contributed by atoms with E-state index in [9.17, 15) is 10.1 Å². The third-order valence-corrected chi connectivity index (χ3v) is 7.91. The Labute approximate surface area is 238 Å². The molecule has 4 rings (SSSR count). The molecule has 1 aliphatic carbocycles. The zero-order valence-corrected chi connectivity index (χ0v) is 24.0. The van der Waals surface area contributed by atoms with Gasteiger partial charge in [-0.1, -0.05) is 51.7 Å². The van der Waals surface area contributed by atoms with Crippen molar-refractivity contribution in [2.45, 2.75) is 84.5 Å². The van der Waals surface area contributed by atoms with Crippen molar-refractivity contribution in [2.24, 2.45) is 17.6 Å². The molecule has 40 heavy (non-hydrogen) atoms. The van der Waals surface area contributed by atoms with Crippen LogP contribution in [0.3, 0.4) is 0 Å². The van der Waals surface area contributed by atoms with Crippen molar-refractivity contribution in [1.82, 2.24) is 0 Å². The van der Waals surface area contributed by atoms with Gasteiger partial charge in [0.25, 0.3) is 0 Å². The second-order valence-corrected chi connectivity index (χ2v) is 10.7. The fraction of sp³-hybridized carbons (Fsp3) is 0.515. The van der Waals surface area contributed by atoms with Gasteiger partial charge in [-0.15, -0.1) is 0 Å². The Hall–Kier alpha value is -3.66. The number of ether oxygens (including phenoxy) is 4. The third kappa shape index (κ3) is 6.91. The summed E-state index contributed by atoms with van der Waals surface area (Å²) in [6.45, 7) is 7.34. The van der Waals surface area contributed by atoms with Gasteiger partial charge in [-0.05, 0) is 68.7 Å². The van der Waals surface area contributed by atoms with Crippen LogP contribution >= 0.6 is 0 Å². The third-order valence-electron chi connectivity index (χ3n) is 7.91. The first-order chi connectivity index (χ1) is 19.5. The highest BCUT2D eigenvalue weighted by molar-refractivity contribution is 5.75. The Bertz CT molecular complexity index is 1240. The lowest BCUT2D eigenvalue weighted by atomic mass is 9.80. The molecule has 214 valence electrons. The van der Waals surface area contributed by atoms with Gasteiger partial charge in [0.05, 0.1) is 25.0 Å². The van der Waals surface area contributed by atoms with E-state index in [0.29, 0.717) is 41.8 Å². The van der Waals surface area contributed by atoms with Crippen LogP contribution in [0.2, 0.25) is 0 Å². The molecular formula is C33H42N2O5. The number of fused-ring (bicyclic) bond motifs is 1. The molecule has 0 aromatic heterocycles. The predicted molar refractivity (Wildman–Crippen MR) is 154 cm³/mol. The number of hydrogen-bond acceptors (Lipinski definition) is 7. The number of carbonyl (C=O) groups excluding carboxylic acids is 1. The van der Waals surface area contributed by atoms with Crippen molar-refractivity contribution in [2.75, 3.05) is 13.2 Å². The van der Waals surface area contributed by atoms with Crippen molar-refractivity contribution in [3.05, 3.63) is 59.0 Å². The Kier molecular flexibility index (Phi) is 10.3. The first kappa shape index (κ1) is 29.3. The van der Waals surface area contributed by atoms with Crippen molar-refractivity contribution in [3.8, 4) is 29.1 Å². The van der Waals surface area contributed by atoms with Gasteiger partial charge in [-0.3, -0.25) is 4.79 Å². The summed E-state index contributed by atoms with van der Waals surface area (Å²) in [4.78, 5) is 13.0. The van der Waals surface area contributed by atoms with Gasteiger partial charge in [-0.2, -0.15) is 5.26 Å². The normalized spacial score (nSPS) is 20.2. The molecule has 7 heteroatoms. The maximum atomic E-state index is 13.0. The van der Waals surface area contributed by atoms with E-state index < -0.39 is 5.92 Å². The van der Waals surface area contributed by atoms with Crippen molar-refractivity contribution in [1.29, 1.82) is 5.26 Å². The van der Waals surface area contributed by atoms with Crippen LogP contribution in [0.25, 0.3) is 0 Å². The smallest absolute Gasteiger partial charge is 0.314 e. The van der Waals surface area contributed by atoms with E-state index >= 15 is 0 Å². The molecule has 0 bridgehead atoms. The Morgan fingerprint density at radius 2 is 1.77 bits per heavy atom. The molecule has 1 heterocycles. The highest BCUT2D eigenvalue weighted by Gasteiger charge is 2.32. The van der Waals surface area contributed by atoms with Crippen LogP contribution in [-0.4, -0.2) is 19.2 Å². The van der Waals surface area contributed by atoms with Crippen molar-refractivity contribution >= 4 is 5.97 Å². The number of hydrogen-bond donors (Lipinski definition) is 1. The van der Waals surface area contributed by atoms with Crippen LogP contribution in [0.1, 0.15) is 95.6 Å². The number of carbonyl (C=O) groups is 1. The predicted octanol–water partition coefficient (Wildman–Crippen LogP) is 7.38. The molecule has 2 aliphatic rings. The van der Waals surface area contributed by atoms with Crippen LogP contribution in [0.5, 0.6) is 23.0 Å². The fourth-order valence-electron chi connectivity index (χ4n) is 5.64. The van der Waals surface area contributed by atoms with E-state index in [2.05, 4.69) is 19.9 Å². The summed E-state index contributed by atoms with van der Waals surface area (Å²) in [6, 6.07) is 13.2. The highest BCUT2D eigenvalue weighted by Crippen LogP contribution is 2.45. The fourth-order valence-corrected chi connectivity index (χ4v) is 5.64. The lowest BCUT2D eigenvalue weighted by Gasteiger charge is -2.28. The molecule has 1 fully saturated rings. The van der Waals surface area contributed by atoms with Crippen LogP contribution < -0.4 is 24.7 Å². The minimum absolute atomic E-state index is 0.0371. The first-order valence-electron chi connectivity index (χ1n) is 14.8. The molecule has 2 N–H and O–H groups in total. The first-order valence-corrected chi connectivity index (χ1v) is 14.8. The van der Waals surface area contributed by atoms with Gasteiger partial charge in [-0.25, -0.2) is 0 Å². The SMILES string of the molecule is CCCCOc1ccc(C2C(C#N)=C(N)Oc3cc(OC(=O)C4CCC(CCCC)CC4)ccc32)cc1OCC. The molecule has 7 nitrogen and oxygen atoms in total. The molecule has 0 spiro atoms. The molecular weight excluding hydrogens is 504 g/mol. The molecule has 1 aliphatic heterocycles. The summed E-state index contributed by atoms with van der Waals surface area (Å²) in [5.74, 6) is 2.21. The Morgan fingerprint density at radius 3 is 2.48 bits per heavy atom. The maximum absolute atomic E-state index is 13.0. The Morgan fingerprint density at radius 1 is 1.00 bits per heavy atom. The zero-order valence-electron chi connectivity index (χ0n) is 24.0. The molecule has 1 saturated carbocycles. The number of benzene rings is 2. The van der Waals surface area contributed by atoms with Crippen molar-refractivity contribution in [3.63, 3.8) is 0 Å². The number of allylic oxidation sites excluding steroid dienone is 1. The van der Waals surface area contributed by atoms with Crippen LogP contribution in [0.15, 0.2) is 47.9 Å². The number of nitrogens with zero attached hydrogens (tertiary/aromatic N) is 1. The van der Waals surface area contributed by atoms with Gasteiger partial charge in [0.1, 0.15) is 23.1 Å². The monoisotopic (exact) mass is 546 g/mol. The molecule has 2 aromatic carbocycles. The van der Waals surface area contributed by atoms with E-state index in [0.717, 1.165) is 55.6 Å². The topological polar surface area (TPSA) is 104 Å². The van der Waals surface area contributed by atoms with Crippen LogP contribution in [0, 0.1) is 23.2 Å². The number of unbranched alkanes of at least 4 members (excludes halogenated alkanes) is 2. The zero-order chi connectivity index (χ0) is 28.5. The quantitative estimate of drug-likeness (QED) is 0.168. The summed E-state index contributed by atoms with van der Waals surface area (Å²) in [5, 5.41) is 9.98. The summed E-state index contributed by atoms with van der Waals surface area (Å²) < 4.78 is 23.5. The summed E-state index contributed by atoms with van der Waals surface area (Å²) in [6.07, 6.45) is 9.62. The molecule has 0 radical (unpaired) electrons. The number of nitrogens with two attached hydrogens (primary N) is 1. The molecule has 1 atom stereocenters. The van der Waals surface area contributed by atoms with E-state index in [-0.39, 0.29) is 17.8 Å². The second kappa shape index (κ2) is 14.1. The summed E-state index contributed by atoms with van der Waals surface area (Å²) in [7, 11) is 0. The summed E-state index contributed by atoms with van der Waals surface area (Å²) >= 11 is 0. The minimum atomic E-state index is -0.458. The number of nitriles is 1. The van der Waals surface area contributed by atoms with E-state index in [4.69, 9.17) is 24.7 Å². The van der Waals surface area contributed by atoms with Gasteiger partial charge >= 0.3 is 5.97 Å². The van der Waals surface area contributed by atoms with E-state index in [1.165, 1.54) is 19.3 Å². The van der Waals surface area contributed by atoms with Crippen LogP contribution in [-0.2, 0) is 4.79 Å². The standard InChI is InChI=1S/C33H42N2O5/c1-4-7-9-22-10-12-23(13-11-22)33(36)39-25-15-16-26-29(20-25)40-32(35)27(21-34)31(26)24-14-17-28(38-18-8-5-2)30(19-24)37-6-3/h14-17,19-20,22-23,31H,4-13,18,35H2,1-3H3. The molecule has 1 unspecified atom stereocenters. The second-order valence-electron chi connectivity index (χ2n) is 10.7. The lowest BCUT2D eigenvalue weighted by molar-refractivity contribution is -0.140. The van der Waals surface area contributed by atoms with Gasteiger partial charge < -0.3 is 24.7 Å². The van der Waals surface area contributed by atoms with Crippen LogP contribution in [0.4, 0.5) is 0 Å². The number of rotatable bonds is 12. The summed E-state index contributed by atoms with van der Waals surface area (Å²) in [5.41, 5.74) is 8.15. The maximum Gasteiger partial charge on any atom is 0.314 e. The van der Waals surface area contributed by atoms with E-state index in [1.54, 1.807) is 12.1 Å². The molecule has 2 aromatic rings. The lowest BCUT2D eigenvalue weighted by Crippen LogP contribution is -2.26. The highest BCUT2D eigenvalue weighted by atomic mass is 16.5. The van der Waals surface area contributed by atoms with E-state index in [1.807, 2.05) is 31.2 Å². The average molecular weight is 547 g/mol. The van der Waals surface area contributed by atoms with Gasteiger partial charge in [0.15, 0.2) is 11.5 Å². The largest absolute Gasteiger partial charge is 0.490 e. The van der Waals surface area contributed by atoms with Gasteiger partial charge in [0.2, 0.25) is 5.88 Å². The molecule has 0 amide bonds. The average Bonchev–Trinajstić information content (AvgIpc) is 2.96. The number of esters is 1. The van der Waals surface area contributed by atoms with Gasteiger partial charge in [0, 0.05) is 11.6 Å². The minimum Gasteiger partial charge on any atom is -0.490 e. The molecule has 0 saturated heterocycles.